The molecule has 0 atom stereocenters. The van der Waals surface area contributed by atoms with E-state index in [1.807, 2.05) is 32.0 Å². The van der Waals surface area contributed by atoms with Crippen molar-refractivity contribution in [3.05, 3.63) is 59.9 Å². The highest BCUT2D eigenvalue weighted by Crippen LogP contribution is 2.31. The Kier molecular flexibility index (Phi) is 4.07. The molecule has 0 bridgehead atoms. The van der Waals surface area contributed by atoms with E-state index in [9.17, 15) is 13.9 Å². The van der Waals surface area contributed by atoms with Crippen LogP contribution in [0.2, 0.25) is 0 Å². The number of aromatic nitrogens is 3. The maximum Gasteiger partial charge on any atom is 0.246 e. The molecule has 3 aromatic rings. The van der Waals surface area contributed by atoms with Crippen LogP contribution in [0.1, 0.15) is 15.3 Å². The van der Waals surface area contributed by atoms with E-state index in [0.717, 1.165) is 23.0 Å². The Morgan fingerprint density at radius 3 is 2.44 bits per heavy atom. The van der Waals surface area contributed by atoms with Crippen molar-refractivity contribution in [2.45, 2.75) is 19.4 Å². The van der Waals surface area contributed by atoms with Gasteiger partial charge in [0, 0.05) is 33.4 Å². The molecule has 0 unspecified atom stereocenters. The summed E-state index contributed by atoms with van der Waals surface area (Å²) in [4.78, 5) is 6.23. The third kappa shape index (κ3) is 3.75. The minimum Gasteiger partial charge on any atom is -0.386 e. The number of benzene rings is 2. The Morgan fingerprint density at radius 2 is 1.78 bits per heavy atom. The van der Waals surface area contributed by atoms with E-state index < -0.39 is 17.2 Å². The smallest absolute Gasteiger partial charge is 0.246 e. The van der Waals surface area contributed by atoms with Crippen LogP contribution in [0.3, 0.4) is 0 Å². The Hall–Kier alpha value is -3.00. The van der Waals surface area contributed by atoms with Gasteiger partial charge >= 0.3 is 0 Å². The van der Waals surface area contributed by atoms with Crippen molar-refractivity contribution < 1.29 is 16.7 Å². The minimum atomic E-state index is -0.677. The molecule has 2 heterocycles. The van der Waals surface area contributed by atoms with Crippen LogP contribution in [0.4, 0.5) is 26.1 Å². The molecule has 8 heteroatoms. The summed E-state index contributed by atoms with van der Waals surface area (Å²) in [6.45, 7) is 4.94. The Bertz CT molecular complexity index is 984. The SMILES string of the molecule is Cc1cc(Nc2ncn(-c3cc(F)cc(F)c3)n2)cc(N2CC(C)(O)C2)c1.[HH].[HH]. The molecule has 0 amide bonds. The number of halogens is 2. The normalized spacial score (nSPS) is 15.5. The van der Waals surface area contributed by atoms with Crippen LogP contribution in [-0.2, 0) is 0 Å². The van der Waals surface area contributed by atoms with E-state index >= 15 is 0 Å². The highest BCUT2D eigenvalue weighted by molar-refractivity contribution is 5.65. The number of aryl methyl sites for hydroxylation is 1. The molecule has 144 valence electrons. The lowest BCUT2D eigenvalue weighted by molar-refractivity contribution is 0.0310. The maximum atomic E-state index is 13.4. The second kappa shape index (κ2) is 6.31. The Morgan fingerprint density at radius 1 is 1.07 bits per heavy atom. The lowest BCUT2D eigenvalue weighted by atomic mass is 9.95. The van der Waals surface area contributed by atoms with Crippen molar-refractivity contribution in [2.75, 3.05) is 23.3 Å². The van der Waals surface area contributed by atoms with E-state index in [1.54, 1.807) is 0 Å². The van der Waals surface area contributed by atoms with E-state index in [-0.39, 0.29) is 8.54 Å². The van der Waals surface area contributed by atoms with Crippen LogP contribution in [0, 0.1) is 18.6 Å². The van der Waals surface area contributed by atoms with Gasteiger partial charge in [-0.2, -0.15) is 4.98 Å². The summed E-state index contributed by atoms with van der Waals surface area (Å²) < 4.78 is 28.1. The van der Waals surface area contributed by atoms with Crippen molar-refractivity contribution in [3.63, 3.8) is 0 Å². The molecule has 1 aliphatic heterocycles. The molecule has 0 spiro atoms. The van der Waals surface area contributed by atoms with Crippen molar-refractivity contribution in [1.82, 2.24) is 14.8 Å². The highest BCUT2D eigenvalue weighted by atomic mass is 19.1. The summed E-state index contributed by atoms with van der Waals surface area (Å²) in [5, 5.41) is 17.3. The van der Waals surface area contributed by atoms with E-state index in [4.69, 9.17) is 0 Å². The Balaban J connectivity index is 0.00000150. The molecule has 1 saturated heterocycles. The van der Waals surface area contributed by atoms with Gasteiger partial charge in [0.25, 0.3) is 0 Å². The van der Waals surface area contributed by atoms with Gasteiger partial charge in [0.05, 0.1) is 11.3 Å². The van der Waals surface area contributed by atoms with Crippen LogP contribution in [0.15, 0.2) is 42.7 Å². The first kappa shape index (κ1) is 17.4. The van der Waals surface area contributed by atoms with Crippen LogP contribution in [-0.4, -0.2) is 38.6 Å². The molecule has 4 rings (SSSR count). The number of hydrogen-bond donors (Lipinski definition) is 2. The predicted octanol–water partition coefficient (Wildman–Crippen LogP) is 3.66. The largest absolute Gasteiger partial charge is 0.386 e. The van der Waals surface area contributed by atoms with Gasteiger partial charge in [-0.05, 0) is 49.7 Å². The quantitative estimate of drug-likeness (QED) is 0.729. The predicted molar refractivity (Wildman–Crippen MR) is 103 cm³/mol. The molecular weight excluding hydrogens is 352 g/mol. The van der Waals surface area contributed by atoms with Gasteiger partial charge in [0.15, 0.2) is 0 Å². The summed E-state index contributed by atoms with van der Waals surface area (Å²) in [6, 6.07) is 9.11. The first-order chi connectivity index (χ1) is 12.8. The number of hydrogen-bond acceptors (Lipinski definition) is 5. The first-order valence-electron chi connectivity index (χ1n) is 8.52. The number of nitrogens with one attached hydrogen (secondary N) is 1. The van der Waals surface area contributed by atoms with E-state index in [2.05, 4.69) is 20.3 Å². The standard InChI is InChI=1S/C19H19F2N5O.2H2/c1-12-3-15(8-16(4-12)25-9-19(2,27)10-25)23-18-22-11-26(24-18)17-6-13(20)5-14(21)7-17;;/h3-8,11,27H,9-10H2,1-2H3,(H,23,24);2*1H. The van der Waals surface area contributed by atoms with Crippen molar-refractivity contribution >= 4 is 17.3 Å². The highest BCUT2D eigenvalue weighted by Gasteiger charge is 2.36. The lowest BCUT2D eigenvalue weighted by Crippen LogP contribution is -2.60. The summed E-state index contributed by atoms with van der Waals surface area (Å²) in [5.74, 6) is -1.04. The van der Waals surface area contributed by atoms with Gasteiger partial charge in [-0.1, -0.05) is 0 Å². The zero-order chi connectivity index (χ0) is 19.2. The fourth-order valence-electron chi connectivity index (χ4n) is 3.22. The number of β-amino-alcohol motifs (C(OH)–C–C–N with tert-alkyl or cyclic N) is 1. The number of aliphatic hydroxyl groups is 1. The van der Waals surface area contributed by atoms with E-state index in [0.29, 0.717) is 19.0 Å². The maximum absolute atomic E-state index is 13.4. The molecule has 2 aromatic carbocycles. The number of rotatable bonds is 4. The second-order valence-electron chi connectivity index (χ2n) is 7.18. The van der Waals surface area contributed by atoms with E-state index in [1.165, 1.54) is 23.1 Å². The number of anilines is 3. The monoisotopic (exact) mass is 375 g/mol. The molecule has 2 N–H and O–H groups in total. The van der Waals surface area contributed by atoms with Gasteiger partial charge in [0.1, 0.15) is 18.0 Å². The first-order valence-corrected chi connectivity index (χ1v) is 8.52. The summed E-state index contributed by atoms with van der Waals surface area (Å²) in [7, 11) is 0. The average molecular weight is 375 g/mol. The molecule has 6 nitrogen and oxygen atoms in total. The zero-order valence-electron chi connectivity index (χ0n) is 14.9. The van der Waals surface area contributed by atoms with Gasteiger partial charge in [-0.25, -0.2) is 13.5 Å². The third-order valence-electron chi connectivity index (χ3n) is 4.35. The van der Waals surface area contributed by atoms with Crippen molar-refractivity contribution in [2.24, 2.45) is 0 Å². The topological polar surface area (TPSA) is 66.2 Å². The molecule has 0 radical (unpaired) electrons. The van der Waals surface area contributed by atoms with Crippen LogP contribution >= 0.6 is 0 Å². The van der Waals surface area contributed by atoms with Crippen LogP contribution < -0.4 is 10.2 Å². The summed E-state index contributed by atoms with van der Waals surface area (Å²) in [5.41, 5.74) is 2.43. The molecule has 27 heavy (non-hydrogen) atoms. The lowest BCUT2D eigenvalue weighted by Gasteiger charge is -2.46. The van der Waals surface area contributed by atoms with Gasteiger partial charge in [-0.3, -0.25) is 0 Å². The average Bonchev–Trinajstić information content (AvgIpc) is 2.99. The fourth-order valence-corrected chi connectivity index (χ4v) is 3.22. The summed E-state index contributed by atoms with van der Waals surface area (Å²) in [6.07, 6.45) is 1.39. The Labute approximate surface area is 158 Å². The molecule has 0 saturated carbocycles. The minimum absolute atomic E-state index is 0. The fraction of sp³-hybridized carbons (Fsp3) is 0.263. The molecule has 1 aliphatic rings. The third-order valence-corrected chi connectivity index (χ3v) is 4.35. The molecule has 1 fully saturated rings. The second-order valence-corrected chi connectivity index (χ2v) is 7.18. The molecular formula is C19H23F2N5O. The van der Waals surface area contributed by atoms with Gasteiger partial charge < -0.3 is 15.3 Å². The van der Waals surface area contributed by atoms with Crippen molar-refractivity contribution in [3.8, 4) is 5.69 Å². The van der Waals surface area contributed by atoms with Crippen LogP contribution in [0.25, 0.3) is 5.69 Å². The summed E-state index contributed by atoms with van der Waals surface area (Å²) >= 11 is 0. The molecule has 0 aliphatic carbocycles. The van der Waals surface area contributed by atoms with Crippen molar-refractivity contribution in [1.29, 1.82) is 0 Å². The van der Waals surface area contributed by atoms with Gasteiger partial charge in [0.2, 0.25) is 5.95 Å². The molecule has 1 aromatic heterocycles. The zero-order valence-corrected chi connectivity index (χ0v) is 14.9. The van der Waals surface area contributed by atoms with Crippen LogP contribution in [0.5, 0.6) is 0 Å². The number of nitrogens with zero attached hydrogens (tertiary/aromatic N) is 4. The van der Waals surface area contributed by atoms with Gasteiger partial charge in [-0.15, -0.1) is 5.10 Å².